The van der Waals surface area contributed by atoms with E-state index < -0.39 is 33.0 Å². The molecule has 0 aliphatic heterocycles. The number of hydrogen-bond donors (Lipinski definition) is 2. The van der Waals surface area contributed by atoms with Gasteiger partial charge < -0.3 is 0 Å². The van der Waals surface area contributed by atoms with Crippen LogP contribution in [0.15, 0.2) is 11.6 Å². The third kappa shape index (κ3) is 3.92. The van der Waals surface area contributed by atoms with Crippen molar-refractivity contribution in [2.75, 3.05) is 0 Å². The van der Waals surface area contributed by atoms with Crippen LogP contribution in [0.5, 0.6) is 0 Å². The molecule has 2 N–H and O–H groups in total. The topological polar surface area (TPSA) is 127 Å². The molecule has 0 heterocycles. The zero-order valence-electron chi connectivity index (χ0n) is 16.8. The molecule has 166 valence electrons. The molecule has 29 heavy (non-hydrogen) atoms. The van der Waals surface area contributed by atoms with Crippen molar-refractivity contribution in [1.29, 1.82) is 0 Å². The highest BCUT2D eigenvalue weighted by Gasteiger charge is 2.60. The summed E-state index contributed by atoms with van der Waals surface area (Å²) in [6.45, 7) is 4.35. The lowest BCUT2D eigenvalue weighted by Crippen LogP contribution is -2.52. The molecule has 0 aromatic rings. The molecule has 4 rings (SSSR count). The van der Waals surface area contributed by atoms with Gasteiger partial charge in [-0.15, -0.1) is 0 Å². The molecule has 7 atom stereocenters. The quantitative estimate of drug-likeness (QED) is 0.493. The van der Waals surface area contributed by atoms with E-state index >= 15 is 0 Å². The molecule has 0 amide bonds. The van der Waals surface area contributed by atoms with Crippen LogP contribution in [0, 0.1) is 28.6 Å². The van der Waals surface area contributed by atoms with Gasteiger partial charge in [0.15, 0.2) is 0 Å². The van der Waals surface area contributed by atoms with Gasteiger partial charge in [0.05, 0.1) is 12.2 Å². The Hall–Kier alpha value is -0.520. The van der Waals surface area contributed by atoms with Gasteiger partial charge in [-0.2, -0.15) is 16.8 Å². The zero-order chi connectivity index (χ0) is 21.2. The van der Waals surface area contributed by atoms with Crippen LogP contribution in [0.2, 0.25) is 0 Å². The lowest BCUT2D eigenvalue weighted by molar-refractivity contribution is -0.0701. The van der Waals surface area contributed by atoms with E-state index in [4.69, 9.17) is 12.9 Å². The Labute approximate surface area is 172 Å². The minimum absolute atomic E-state index is 0.0364. The molecule has 1 unspecified atom stereocenters. The van der Waals surface area contributed by atoms with E-state index in [1.807, 2.05) is 6.08 Å². The summed E-state index contributed by atoms with van der Waals surface area (Å²) >= 11 is 0. The Morgan fingerprint density at radius 2 is 1.59 bits per heavy atom. The molecular weight excluding hydrogens is 420 g/mol. The highest BCUT2D eigenvalue weighted by Crippen LogP contribution is 2.65. The molecule has 0 aromatic carbocycles. The highest BCUT2D eigenvalue weighted by atomic mass is 32.3. The van der Waals surface area contributed by atoms with Gasteiger partial charge >= 0.3 is 20.8 Å². The molecule has 0 aromatic heterocycles. The van der Waals surface area contributed by atoms with Gasteiger partial charge in [-0.3, -0.25) is 9.11 Å². The molecule has 3 saturated carbocycles. The average molecular weight is 451 g/mol. The molecular formula is C19H30O8S2. The first-order valence-electron chi connectivity index (χ1n) is 10.3. The highest BCUT2D eigenvalue weighted by molar-refractivity contribution is 7.81. The molecule has 4 aliphatic rings. The fraction of sp³-hybridized carbons (Fsp3) is 0.895. The predicted molar refractivity (Wildman–Crippen MR) is 105 cm³/mol. The summed E-state index contributed by atoms with van der Waals surface area (Å²) in [5, 5.41) is 0. The largest absolute Gasteiger partial charge is 0.397 e. The van der Waals surface area contributed by atoms with Crippen LogP contribution in [0.3, 0.4) is 0 Å². The van der Waals surface area contributed by atoms with Crippen molar-refractivity contribution in [2.24, 2.45) is 28.6 Å². The average Bonchev–Trinajstić information content (AvgIpc) is 2.89. The fourth-order valence-electron chi connectivity index (χ4n) is 7.19. The van der Waals surface area contributed by atoms with E-state index in [0.29, 0.717) is 30.6 Å². The second-order valence-electron chi connectivity index (χ2n) is 9.76. The number of fused-ring (bicyclic) bond motifs is 5. The van der Waals surface area contributed by atoms with Crippen molar-refractivity contribution in [3.63, 3.8) is 0 Å². The van der Waals surface area contributed by atoms with E-state index in [2.05, 4.69) is 13.8 Å². The summed E-state index contributed by atoms with van der Waals surface area (Å²) in [4.78, 5) is 0. The summed E-state index contributed by atoms with van der Waals surface area (Å²) in [6, 6.07) is 0. The maximum atomic E-state index is 11.3. The lowest BCUT2D eigenvalue weighted by atomic mass is 9.47. The third-order valence-electron chi connectivity index (χ3n) is 8.47. The Morgan fingerprint density at radius 3 is 2.24 bits per heavy atom. The molecule has 0 spiro atoms. The summed E-state index contributed by atoms with van der Waals surface area (Å²) in [5.41, 5.74) is 0.913. The Morgan fingerprint density at radius 1 is 0.897 bits per heavy atom. The van der Waals surface area contributed by atoms with Crippen LogP contribution in [-0.4, -0.2) is 38.1 Å². The molecule has 8 nitrogen and oxygen atoms in total. The van der Waals surface area contributed by atoms with E-state index in [9.17, 15) is 21.4 Å². The van der Waals surface area contributed by atoms with Gasteiger partial charge in [0.2, 0.25) is 0 Å². The van der Waals surface area contributed by atoms with Crippen LogP contribution in [-0.2, 0) is 29.2 Å². The zero-order valence-corrected chi connectivity index (χ0v) is 18.4. The van der Waals surface area contributed by atoms with Gasteiger partial charge in [0.25, 0.3) is 0 Å². The first-order chi connectivity index (χ1) is 13.3. The van der Waals surface area contributed by atoms with Crippen molar-refractivity contribution >= 4 is 20.8 Å². The van der Waals surface area contributed by atoms with Gasteiger partial charge in [-0.1, -0.05) is 25.5 Å². The second kappa shape index (κ2) is 7.00. The van der Waals surface area contributed by atoms with Crippen LogP contribution in [0.1, 0.15) is 65.2 Å². The van der Waals surface area contributed by atoms with E-state index in [0.717, 1.165) is 38.5 Å². The minimum Gasteiger partial charge on any atom is -0.264 e. The first kappa shape index (κ1) is 21.7. The van der Waals surface area contributed by atoms with Crippen molar-refractivity contribution < 1.29 is 34.3 Å². The van der Waals surface area contributed by atoms with Crippen molar-refractivity contribution in [3.8, 4) is 0 Å². The minimum atomic E-state index is -4.47. The van der Waals surface area contributed by atoms with Gasteiger partial charge in [0.1, 0.15) is 0 Å². The third-order valence-corrected chi connectivity index (χ3v) is 9.43. The number of hydrogen-bond acceptors (Lipinski definition) is 6. The number of rotatable bonds is 4. The van der Waals surface area contributed by atoms with Crippen LogP contribution >= 0.6 is 0 Å². The SMILES string of the molecule is C[C@]12CC[C@H]3C(CCC4=C[C@@H](OS(=O)(=O)O)CC[C@@]43C)[C@@H]1CC[C@@H]2OS(=O)(=O)O. The smallest absolute Gasteiger partial charge is 0.264 e. The second-order valence-corrected chi connectivity index (χ2v) is 11.9. The first-order valence-corrected chi connectivity index (χ1v) is 13.1. The molecule has 0 bridgehead atoms. The molecule has 0 saturated heterocycles. The summed E-state index contributed by atoms with van der Waals surface area (Å²) in [7, 11) is -8.94. The van der Waals surface area contributed by atoms with Gasteiger partial charge in [0, 0.05) is 0 Å². The molecule has 4 aliphatic carbocycles. The monoisotopic (exact) mass is 450 g/mol. The van der Waals surface area contributed by atoms with Crippen molar-refractivity contribution in [2.45, 2.75) is 77.4 Å². The van der Waals surface area contributed by atoms with E-state index in [1.54, 1.807) is 0 Å². The molecule has 3 fully saturated rings. The lowest BCUT2D eigenvalue weighted by Gasteiger charge is -2.58. The van der Waals surface area contributed by atoms with Gasteiger partial charge in [-0.05, 0) is 80.0 Å². The summed E-state index contributed by atoms with van der Waals surface area (Å²) < 4.78 is 72.9. The number of allylic oxidation sites excluding steroid dienone is 1. The predicted octanol–water partition coefficient (Wildman–Crippen LogP) is 3.33. The summed E-state index contributed by atoms with van der Waals surface area (Å²) in [6.07, 6.45) is 7.25. The fourth-order valence-corrected chi connectivity index (χ4v) is 8.26. The van der Waals surface area contributed by atoms with E-state index in [-0.39, 0.29) is 10.8 Å². The molecule has 10 heteroatoms. The van der Waals surface area contributed by atoms with E-state index in [1.165, 1.54) is 5.57 Å². The van der Waals surface area contributed by atoms with Crippen LogP contribution in [0.4, 0.5) is 0 Å². The van der Waals surface area contributed by atoms with Crippen LogP contribution < -0.4 is 0 Å². The van der Waals surface area contributed by atoms with Crippen LogP contribution in [0.25, 0.3) is 0 Å². The van der Waals surface area contributed by atoms with Gasteiger partial charge in [-0.25, -0.2) is 8.37 Å². The maximum Gasteiger partial charge on any atom is 0.397 e. The Balaban J connectivity index is 1.57. The molecule has 0 radical (unpaired) electrons. The summed E-state index contributed by atoms with van der Waals surface area (Å²) in [5.74, 6) is 1.24. The Kier molecular flexibility index (Phi) is 5.24. The van der Waals surface area contributed by atoms with Crippen molar-refractivity contribution in [3.05, 3.63) is 11.6 Å². The Bertz CT molecular complexity index is 910. The van der Waals surface area contributed by atoms with Crippen molar-refractivity contribution in [1.82, 2.24) is 0 Å². The normalized spacial score (nSPS) is 45.1. The maximum absolute atomic E-state index is 11.3. The standard InChI is InChI=1S/C19H30O8S2/c1-18-9-7-13(26-28(20,21)22)11-12(18)3-4-14-15-5-6-17(27-29(23,24)25)19(15,2)10-8-16(14)18/h11,13-17H,3-10H2,1-2H3,(H,20,21,22)(H,23,24,25)/t13-,14?,15-,16-,17-,18-,19-/m0/s1.